The molecule has 0 aromatic carbocycles. The number of amides is 1. The number of nitrogens with one attached hydrogen (secondary N) is 2. The van der Waals surface area contributed by atoms with E-state index in [1.165, 1.54) is 12.8 Å². The van der Waals surface area contributed by atoms with Gasteiger partial charge < -0.3 is 15.5 Å². The molecule has 3 rings (SSSR count). The van der Waals surface area contributed by atoms with Crippen LogP contribution in [0.5, 0.6) is 0 Å². The Labute approximate surface area is 169 Å². The standard InChI is InChI=1S/C19H30N4O.2ClH/c1-15(16-5-4-9-20-14-16)13-19(24)22-17-7-11-23(12-8-17)18-6-2-3-10-21-18;;/h2-3,6,10,15-17,20H,4-5,7-9,11-14H2,1H3,(H,22,24);2*1H. The highest BCUT2D eigenvalue weighted by Gasteiger charge is 2.25. The zero-order valence-corrected chi connectivity index (χ0v) is 17.2. The lowest BCUT2D eigenvalue weighted by atomic mass is 9.85. The Kier molecular flexibility index (Phi) is 10.3. The van der Waals surface area contributed by atoms with Gasteiger partial charge in [0.25, 0.3) is 0 Å². The number of anilines is 1. The largest absolute Gasteiger partial charge is 0.356 e. The molecule has 1 aromatic rings. The Morgan fingerprint density at radius 2 is 2.08 bits per heavy atom. The number of hydrogen-bond acceptors (Lipinski definition) is 4. The van der Waals surface area contributed by atoms with E-state index in [9.17, 15) is 4.79 Å². The second-order valence-corrected chi connectivity index (χ2v) is 7.30. The number of rotatable bonds is 5. The van der Waals surface area contributed by atoms with Gasteiger partial charge in [-0.2, -0.15) is 0 Å². The van der Waals surface area contributed by atoms with Gasteiger partial charge in [0.05, 0.1) is 0 Å². The maximum absolute atomic E-state index is 12.4. The highest BCUT2D eigenvalue weighted by Crippen LogP contribution is 2.23. The Hall–Kier alpha value is -1.04. The minimum absolute atomic E-state index is 0. The molecule has 7 heteroatoms. The molecule has 5 nitrogen and oxygen atoms in total. The minimum atomic E-state index is 0. The van der Waals surface area contributed by atoms with Crippen molar-refractivity contribution in [2.75, 3.05) is 31.1 Å². The number of nitrogens with zero attached hydrogens (tertiary/aromatic N) is 2. The normalized spacial score (nSPS) is 21.9. The predicted octanol–water partition coefficient (Wildman–Crippen LogP) is 3.04. The number of piperidine rings is 2. The summed E-state index contributed by atoms with van der Waals surface area (Å²) in [6.07, 6.45) is 6.99. The van der Waals surface area contributed by atoms with E-state index < -0.39 is 0 Å². The zero-order chi connectivity index (χ0) is 16.8. The van der Waals surface area contributed by atoms with Crippen LogP contribution in [0, 0.1) is 11.8 Å². The van der Waals surface area contributed by atoms with E-state index in [4.69, 9.17) is 0 Å². The summed E-state index contributed by atoms with van der Waals surface area (Å²) in [7, 11) is 0. The van der Waals surface area contributed by atoms with Crippen LogP contribution in [0.15, 0.2) is 24.4 Å². The molecule has 2 aliphatic heterocycles. The van der Waals surface area contributed by atoms with Crippen LogP contribution in [0.1, 0.15) is 39.0 Å². The fourth-order valence-electron chi connectivity index (χ4n) is 3.90. The van der Waals surface area contributed by atoms with Gasteiger partial charge in [0.15, 0.2) is 0 Å². The van der Waals surface area contributed by atoms with Crippen molar-refractivity contribution < 1.29 is 4.79 Å². The number of pyridine rings is 1. The first kappa shape index (κ1) is 23.0. The summed E-state index contributed by atoms with van der Waals surface area (Å²) in [5, 5.41) is 6.70. The molecule has 2 unspecified atom stereocenters. The third kappa shape index (κ3) is 6.60. The molecule has 2 atom stereocenters. The van der Waals surface area contributed by atoms with Crippen LogP contribution in [-0.4, -0.2) is 43.1 Å². The molecule has 0 saturated carbocycles. The third-order valence-electron chi connectivity index (χ3n) is 5.48. The van der Waals surface area contributed by atoms with Crippen molar-refractivity contribution in [3.05, 3.63) is 24.4 Å². The SMILES string of the molecule is CC(CC(=O)NC1CCN(c2ccccn2)CC1)C1CCCNC1.Cl.Cl. The molecule has 2 aliphatic rings. The van der Waals surface area contributed by atoms with Gasteiger partial charge in [-0.1, -0.05) is 13.0 Å². The lowest BCUT2D eigenvalue weighted by Gasteiger charge is -2.33. The van der Waals surface area contributed by atoms with E-state index in [1.54, 1.807) is 0 Å². The summed E-state index contributed by atoms with van der Waals surface area (Å²) in [5.41, 5.74) is 0. The molecule has 0 spiro atoms. The van der Waals surface area contributed by atoms with E-state index in [1.807, 2.05) is 18.3 Å². The van der Waals surface area contributed by atoms with Crippen LogP contribution in [0.4, 0.5) is 5.82 Å². The predicted molar refractivity (Wildman–Crippen MR) is 111 cm³/mol. The van der Waals surface area contributed by atoms with Gasteiger partial charge in [-0.05, 0) is 62.7 Å². The molecule has 0 radical (unpaired) electrons. The van der Waals surface area contributed by atoms with Gasteiger partial charge >= 0.3 is 0 Å². The van der Waals surface area contributed by atoms with E-state index in [-0.39, 0.29) is 30.7 Å². The highest BCUT2D eigenvalue weighted by molar-refractivity contribution is 5.85. The third-order valence-corrected chi connectivity index (χ3v) is 5.48. The second kappa shape index (κ2) is 11.6. The maximum atomic E-state index is 12.4. The van der Waals surface area contributed by atoms with Gasteiger partial charge in [0.1, 0.15) is 5.82 Å². The lowest BCUT2D eigenvalue weighted by molar-refractivity contribution is -0.123. The molecule has 3 heterocycles. The first-order valence-electron chi connectivity index (χ1n) is 9.38. The second-order valence-electron chi connectivity index (χ2n) is 7.30. The molecule has 2 saturated heterocycles. The van der Waals surface area contributed by atoms with Crippen LogP contribution in [-0.2, 0) is 4.79 Å². The van der Waals surface area contributed by atoms with Crippen LogP contribution < -0.4 is 15.5 Å². The Morgan fingerprint density at radius 1 is 1.31 bits per heavy atom. The van der Waals surface area contributed by atoms with Gasteiger partial charge in [-0.15, -0.1) is 24.8 Å². The molecular weight excluding hydrogens is 371 g/mol. The number of aromatic nitrogens is 1. The van der Waals surface area contributed by atoms with Gasteiger partial charge in [0.2, 0.25) is 5.91 Å². The van der Waals surface area contributed by atoms with Crippen molar-refractivity contribution in [3.63, 3.8) is 0 Å². The summed E-state index contributed by atoms with van der Waals surface area (Å²) in [6, 6.07) is 6.34. The van der Waals surface area contributed by atoms with Crippen LogP contribution in [0.2, 0.25) is 0 Å². The van der Waals surface area contributed by atoms with Gasteiger partial charge in [-0.25, -0.2) is 4.98 Å². The fraction of sp³-hybridized carbons (Fsp3) is 0.684. The van der Waals surface area contributed by atoms with Crippen LogP contribution in [0.25, 0.3) is 0 Å². The van der Waals surface area contributed by atoms with Crippen LogP contribution >= 0.6 is 24.8 Å². The van der Waals surface area contributed by atoms with E-state index in [0.717, 1.165) is 44.8 Å². The fourth-order valence-corrected chi connectivity index (χ4v) is 3.90. The number of carbonyl (C=O) groups excluding carboxylic acids is 1. The number of halogens is 2. The van der Waals surface area contributed by atoms with Crippen molar-refractivity contribution >= 4 is 36.5 Å². The monoisotopic (exact) mass is 402 g/mol. The molecule has 1 amide bonds. The molecule has 2 fully saturated rings. The topological polar surface area (TPSA) is 57.3 Å². The van der Waals surface area contributed by atoms with Crippen molar-refractivity contribution in [2.24, 2.45) is 11.8 Å². The summed E-state index contributed by atoms with van der Waals surface area (Å²) in [4.78, 5) is 19.1. The van der Waals surface area contributed by atoms with Crippen molar-refractivity contribution in [1.82, 2.24) is 15.6 Å². The van der Waals surface area contributed by atoms with Crippen molar-refractivity contribution in [3.8, 4) is 0 Å². The summed E-state index contributed by atoms with van der Waals surface area (Å²) >= 11 is 0. The molecule has 0 bridgehead atoms. The van der Waals surface area contributed by atoms with E-state index in [2.05, 4.69) is 33.5 Å². The molecular formula is C19H32Cl2N4O. The van der Waals surface area contributed by atoms with Crippen LogP contribution in [0.3, 0.4) is 0 Å². The lowest BCUT2D eigenvalue weighted by Crippen LogP contribution is -2.45. The molecule has 0 aliphatic carbocycles. The smallest absolute Gasteiger partial charge is 0.220 e. The highest BCUT2D eigenvalue weighted by atomic mass is 35.5. The van der Waals surface area contributed by atoms with Gasteiger partial charge in [0, 0.05) is 31.7 Å². The Bertz CT molecular complexity index is 518. The zero-order valence-electron chi connectivity index (χ0n) is 15.5. The first-order valence-corrected chi connectivity index (χ1v) is 9.38. The average molecular weight is 403 g/mol. The van der Waals surface area contributed by atoms with Crippen molar-refractivity contribution in [1.29, 1.82) is 0 Å². The molecule has 1 aromatic heterocycles. The van der Waals surface area contributed by atoms with Crippen molar-refractivity contribution in [2.45, 2.75) is 45.1 Å². The maximum Gasteiger partial charge on any atom is 0.220 e. The average Bonchev–Trinajstić information content (AvgIpc) is 2.64. The summed E-state index contributed by atoms with van der Waals surface area (Å²) in [6.45, 7) is 6.34. The first-order chi connectivity index (χ1) is 11.7. The van der Waals surface area contributed by atoms with E-state index in [0.29, 0.717) is 24.3 Å². The Morgan fingerprint density at radius 3 is 2.69 bits per heavy atom. The molecule has 26 heavy (non-hydrogen) atoms. The van der Waals surface area contributed by atoms with E-state index >= 15 is 0 Å². The molecule has 148 valence electrons. The van der Waals surface area contributed by atoms with Gasteiger partial charge in [-0.3, -0.25) is 4.79 Å². The minimum Gasteiger partial charge on any atom is -0.356 e. The molecule has 2 N–H and O–H groups in total. The number of carbonyl (C=O) groups is 1. The summed E-state index contributed by atoms with van der Waals surface area (Å²) in [5.74, 6) is 2.38. The number of hydrogen-bond donors (Lipinski definition) is 2. The summed E-state index contributed by atoms with van der Waals surface area (Å²) < 4.78 is 0. The quantitative estimate of drug-likeness (QED) is 0.794. The Balaban J connectivity index is 0.00000169.